The van der Waals surface area contributed by atoms with Crippen molar-refractivity contribution in [1.82, 2.24) is 25.8 Å². The van der Waals surface area contributed by atoms with Gasteiger partial charge in [-0.25, -0.2) is 38.6 Å². The van der Waals surface area contributed by atoms with Crippen molar-refractivity contribution in [3.8, 4) is 5.75 Å². The van der Waals surface area contributed by atoms with Crippen molar-refractivity contribution in [2.24, 2.45) is 9.98 Å². The summed E-state index contributed by atoms with van der Waals surface area (Å²) in [6.07, 6.45) is -2.19. The van der Waals surface area contributed by atoms with Crippen LogP contribution in [0.4, 0.5) is 28.8 Å². The quantitative estimate of drug-likeness (QED) is 0.0585. The lowest BCUT2D eigenvalue weighted by Gasteiger charge is -2.34. The van der Waals surface area contributed by atoms with Gasteiger partial charge in [0.15, 0.2) is 0 Å². The number of hydrogen-bond donors (Lipinski definition) is 4. The number of hydrogen-bond acceptors (Lipinski definition) is 14. The molecule has 0 spiro atoms. The van der Waals surface area contributed by atoms with E-state index in [1.807, 2.05) is 0 Å². The van der Waals surface area contributed by atoms with Gasteiger partial charge in [0.2, 0.25) is 11.9 Å². The molecule has 0 saturated carbocycles. The second-order valence-electron chi connectivity index (χ2n) is 22.1. The summed E-state index contributed by atoms with van der Waals surface area (Å²) < 4.78 is 38.9. The molecule has 0 aliphatic rings. The average Bonchev–Trinajstić information content (AvgIpc) is 3.12. The molecule has 0 aliphatic heterocycles. The summed E-state index contributed by atoms with van der Waals surface area (Å²) in [4.78, 5) is 89.1. The molecule has 1 aromatic rings. The molecule has 0 unspecified atom stereocenters. The van der Waals surface area contributed by atoms with E-state index in [1.165, 1.54) is 0 Å². The Morgan fingerprint density at radius 3 is 1.36 bits per heavy atom. The number of carbonyl (C=O) groups is 6. The number of rotatable bonds is 14. The Labute approximate surface area is 415 Å². The van der Waals surface area contributed by atoms with Crippen LogP contribution >= 0.6 is 0 Å². The van der Waals surface area contributed by atoms with Crippen molar-refractivity contribution in [1.29, 1.82) is 5.41 Å². The van der Waals surface area contributed by atoms with E-state index in [1.54, 1.807) is 149 Å². The van der Waals surface area contributed by atoms with E-state index in [9.17, 15) is 28.8 Å². The largest absolute Gasteiger partial charge is 0.494 e. The third-order valence-corrected chi connectivity index (χ3v) is 7.93. The van der Waals surface area contributed by atoms with Crippen molar-refractivity contribution < 1.29 is 61.9 Å². The summed E-state index contributed by atoms with van der Waals surface area (Å²) in [5.74, 6) is -0.229. The van der Waals surface area contributed by atoms with Crippen molar-refractivity contribution in [3.05, 3.63) is 29.8 Å². The Bertz CT molecular complexity index is 1980. The van der Waals surface area contributed by atoms with E-state index in [0.29, 0.717) is 50.0 Å². The molecule has 0 radical (unpaired) electrons. The van der Waals surface area contributed by atoms with Gasteiger partial charge in [-0.05, 0) is 168 Å². The molecule has 70 heavy (non-hydrogen) atoms. The fourth-order valence-electron chi connectivity index (χ4n) is 5.44. The number of aliphatic imine (C=N–C) groups is 2. The van der Waals surface area contributed by atoms with Gasteiger partial charge in [0.25, 0.3) is 0 Å². The average molecular weight is 991 g/mol. The maximum Gasteiger partial charge on any atom is 0.437 e. The number of ether oxygens (including phenoxy) is 7. The van der Waals surface area contributed by atoms with Crippen molar-refractivity contribution in [2.75, 3.05) is 26.2 Å². The molecule has 0 saturated heterocycles. The first-order chi connectivity index (χ1) is 31.8. The first kappa shape index (κ1) is 61.9. The van der Waals surface area contributed by atoms with Crippen LogP contribution in [0.15, 0.2) is 34.3 Å². The molecule has 4 N–H and O–H groups in total. The van der Waals surface area contributed by atoms with Gasteiger partial charge in [-0.1, -0.05) is 19.3 Å². The number of nitrogens with zero attached hydrogens (tertiary/aromatic N) is 4. The van der Waals surface area contributed by atoms with Gasteiger partial charge < -0.3 is 38.5 Å². The summed E-state index contributed by atoms with van der Waals surface area (Å²) in [5, 5.41) is 16.1. The summed E-state index contributed by atoms with van der Waals surface area (Å²) in [6.45, 7) is 30.6. The van der Waals surface area contributed by atoms with Gasteiger partial charge in [-0.15, -0.1) is 9.98 Å². The van der Waals surface area contributed by atoms with Crippen molar-refractivity contribution >= 4 is 54.3 Å². The first-order valence-corrected chi connectivity index (χ1v) is 23.5. The number of nitrogens with one attached hydrogen (secondary N) is 4. The summed E-state index contributed by atoms with van der Waals surface area (Å²) >= 11 is 0. The fraction of sp³-hybridized carbons (Fsp3) is 0.694. The van der Waals surface area contributed by atoms with Gasteiger partial charge >= 0.3 is 36.6 Å². The maximum absolute atomic E-state index is 14.1. The second kappa shape index (κ2) is 26.7. The minimum absolute atomic E-state index is 0.0266. The van der Waals surface area contributed by atoms with Gasteiger partial charge in [-0.2, -0.15) is 0 Å². The molecule has 6 amide bonds. The number of amides is 6. The molecule has 0 fully saturated rings. The highest BCUT2D eigenvalue weighted by atomic mass is 16.6. The predicted octanol–water partition coefficient (Wildman–Crippen LogP) is 10.4. The molecule has 21 heteroatoms. The summed E-state index contributed by atoms with van der Waals surface area (Å²) in [6, 6.07) is 6.42. The Morgan fingerprint density at radius 2 is 0.900 bits per heavy atom. The fourth-order valence-corrected chi connectivity index (χ4v) is 5.44. The van der Waals surface area contributed by atoms with E-state index >= 15 is 0 Å². The van der Waals surface area contributed by atoms with Crippen LogP contribution in [-0.2, 0) is 28.4 Å². The topological polar surface area (TPSA) is 258 Å². The standard InChI is InChI=1S/C49H82N8O13/c1-44(2,3)65-38(58)52-35(50)33-25-27-34(28-26-33)64-32-24-31-57(43(63)70-49(16,17)18)37(55-41(61)68-47(10,11)12)56(42(62)69-48(13,14)15)30-23-21-19-20-22-29-51-36(53-39(59)66-45(4,5)6)54-40(60)67-46(7,8)9/h25-28H,19-24,29-32H2,1-18H3,(H2,50,52,58)(H2,51,53,54,59,60). The van der Waals surface area contributed by atoms with Crippen LogP contribution in [-0.4, -0.2) is 124 Å². The highest BCUT2D eigenvalue weighted by molar-refractivity contribution is 6.05. The number of guanidine groups is 2. The van der Waals surface area contributed by atoms with Crippen LogP contribution < -0.4 is 20.7 Å². The van der Waals surface area contributed by atoms with Crippen LogP contribution in [0.5, 0.6) is 5.75 Å². The van der Waals surface area contributed by atoms with Gasteiger partial charge in [0, 0.05) is 25.2 Å². The Morgan fingerprint density at radius 1 is 0.500 bits per heavy atom. The smallest absolute Gasteiger partial charge is 0.437 e. The first-order valence-electron chi connectivity index (χ1n) is 23.5. The minimum atomic E-state index is -1.06. The van der Waals surface area contributed by atoms with E-state index in [-0.39, 0.29) is 43.9 Å². The van der Waals surface area contributed by atoms with E-state index in [0.717, 1.165) is 9.80 Å². The number of amidine groups is 1. The Hall–Kier alpha value is -6.15. The summed E-state index contributed by atoms with van der Waals surface area (Å²) in [5.41, 5.74) is -4.87. The SMILES string of the molecule is CC(C)(C)OC(=O)N=C(NCCCCCCCN(C(=O)OC(C)(C)C)C(=NC(=O)OC(C)(C)C)N(CCCOc1ccc(C(=N)NC(=O)OC(C)(C)C)cc1)C(=O)OC(C)(C)C)NC(=O)OC(C)(C)C. The van der Waals surface area contributed by atoms with Crippen LogP contribution in [0.3, 0.4) is 0 Å². The zero-order chi connectivity index (χ0) is 53.9. The molecule has 0 aliphatic carbocycles. The number of benzene rings is 1. The van der Waals surface area contributed by atoms with E-state index < -0.39 is 70.2 Å². The monoisotopic (exact) mass is 991 g/mol. The molecule has 0 heterocycles. The van der Waals surface area contributed by atoms with Crippen molar-refractivity contribution in [3.63, 3.8) is 0 Å². The molecular weight excluding hydrogens is 909 g/mol. The zero-order valence-corrected chi connectivity index (χ0v) is 45.0. The van der Waals surface area contributed by atoms with Gasteiger partial charge in [-0.3, -0.25) is 16.0 Å². The van der Waals surface area contributed by atoms with Crippen LogP contribution in [0.2, 0.25) is 0 Å². The maximum atomic E-state index is 14.1. The van der Waals surface area contributed by atoms with Crippen molar-refractivity contribution in [2.45, 2.75) is 197 Å². The molecule has 396 valence electrons. The zero-order valence-electron chi connectivity index (χ0n) is 45.0. The molecule has 1 aromatic carbocycles. The minimum Gasteiger partial charge on any atom is -0.494 e. The third kappa shape index (κ3) is 29.7. The molecule has 0 aromatic heterocycles. The normalized spacial score (nSPS) is 12.7. The Kier molecular flexibility index (Phi) is 23.6. The number of unbranched alkanes of at least 4 members (excludes halogenated alkanes) is 4. The lowest BCUT2D eigenvalue weighted by Crippen LogP contribution is -2.53. The Balaban J connectivity index is 3.35. The molecule has 1 rings (SSSR count). The van der Waals surface area contributed by atoms with Gasteiger partial charge in [0.1, 0.15) is 45.2 Å². The third-order valence-electron chi connectivity index (χ3n) is 7.93. The van der Waals surface area contributed by atoms with Gasteiger partial charge in [0.05, 0.1) is 6.61 Å². The molecular formula is C49H82N8O13. The van der Waals surface area contributed by atoms with Crippen LogP contribution in [0.25, 0.3) is 0 Å². The number of alkyl carbamates (subject to hydrolysis) is 2. The molecule has 0 bridgehead atoms. The highest BCUT2D eigenvalue weighted by Crippen LogP contribution is 2.20. The lowest BCUT2D eigenvalue weighted by atomic mass is 10.1. The second-order valence-corrected chi connectivity index (χ2v) is 22.1. The van der Waals surface area contributed by atoms with E-state index in [4.69, 9.17) is 38.6 Å². The number of carbonyl (C=O) groups excluding carboxylic acids is 6. The highest BCUT2D eigenvalue weighted by Gasteiger charge is 2.35. The molecule has 0 atom stereocenters. The van der Waals surface area contributed by atoms with E-state index in [2.05, 4.69) is 25.9 Å². The predicted molar refractivity (Wildman–Crippen MR) is 266 cm³/mol. The molecule has 21 nitrogen and oxygen atoms in total. The van der Waals surface area contributed by atoms with Crippen LogP contribution in [0.1, 0.15) is 169 Å². The lowest BCUT2D eigenvalue weighted by molar-refractivity contribution is 0.0267. The summed E-state index contributed by atoms with van der Waals surface area (Å²) in [7, 11) is 0. The van der Waals surface area contributed by atoms with Crippen LogP contribution in [0, 0.1) is 5.41 Å².